The topological polar surface area (TPSA) is 59.7 Å². The van der Waals surface area contributed by atoms with Crippen molar-refractivity contribution in [3.8, 4) is 0 Å². The van der Waals surface area contributed by atoms with Crippen molar-refractivity contribution in [1.82, 2.24) is 14.7 Å². The lowest BCUT2D eigenvalue weighted by atomic mass is 10.0. The lowest BCUT2D eigenvalue weighted by molar-refractivity contribution is -0.146. The molecule has 1 aliphatic rings. The van der Waals surface area contributed by atoms with E-state index in [0.29, 0.717) is 13.0 Å². The van der Waals surface area contributed by atoms with Crippen molar-refractivity contribution in [3.05, 3.63) is 18.0 Å². The van der Waals surface area contributed by atoms with Crippen LogP contribution in [0.2, 0.25) is 0 Å². The van der Waals surface area contributed by atoms with E-state index in [0.717, 1.165) is 43.5 Å². The summed E-state index contributed by atoms with van der Waals surface area (Å²) in [7, 11) is 0. The number of unbranched alkanes of at least 4 members (excludes halogenated alkanes) is 1. The Morgan fingerprint density at radius 1 is 1.50 bits per heavy atom. The van der Waals surface area contributed by atoms with Crippen molar-refractivity contribution >= 4 is 11.6 Å². The Morgan fingerprint density at radius 3 is 2.92 bits per heavy atom. The highest BCUT2D eigenvalue weighted by Gasteiger charge is 2.31. The minimum atomic E-state index is -0.474. The summed E-state index contributed by atoms with van der Waals surface area (Å²) in [5, 5.41) is 8.44. The SMILES string of the molecule is CCCC[C@@H](ON=C(C)C)C(=O)N1CCC[C@@H](n2cc(C)cn2)C1. The molecule has 1 aromatic rings. The summed E-state index contributed by atoms with van der Waals surface area (Å²) in [5.74, 6) is 0.0574. The van der Waals surface area contributed by atoms with Crippen LogP contribution in [-0.4, -0.2) is 45.5 Å². The van der Waals surface area contributed by atoms with Gasteiger partial charge in [0, 0.05) is 19.3 Å². The highest BCUT2D eigenvalue weighted by atomic mass is 16.6. The predicted octanol–water partition coefficient (Wildman–Crippen LogP) is 3.33. The van der Waals surface area contributed by atoms with Crippen LogP contribution in [0.1, 0.15) is 64.5 Å². The van der Waals surface area contributed by atoms with Gasteiger partial charge in [-0.05, 0) is 52.0 Å². The van der Waals surface area contributed by atoms with Crippen molar-refractivity contribution in [2.24, 2.45) is 5.16 Å². The molecule has 2 heterocycles. The Labute approximate surface area is 144 Å². The number of oxime groups is 1. The first-order valence-corrected chi connectivity index (χ1v) is 8.97. The van der Waals surface area contributed by atoms with E-state index in [2.05, 4.69) is 23.4 Å². The quantitative estimate of drug-likeness (QED) is 0.568. The molecule has 0 saturated carbocycles. The number of aryl methyl sites for hydroxylation is 1. The average molecular weight is 334 g/mol. The second-order valence-electron chi connectivity index (χ2n) is 6.85. The average Bonchev–Trinajstić information content (AvgIpc) is 3.01. The molecule has 1 fully saturated rings. The molecule has 2 rings (SSSR count). The Bertz CT molecular complexity index is 563. The molecule has 0 radical (unpaired) electrons. The van der Waals surface area contributed by atoms with Gasteiger partial charge in [0.2, 0.25) is 6.10 Å². The second kappa shape index (κ2) is 8.85. The minimum absolute atomic E-state index is 0.0574. The molecule has 1 aromatic heterocycles. The van der Waals surface area contributed by atoms with E-state index in [1.165, 1.54) is 0 Å². The highest BCUT2D eigenvalue weighted by Crippen LogP contribution is 2.23. The maximum atomic E-state index is 12.9. The molecule has 0 spiro atoms. The first kappa shape index (κ1) is 18.5. The summed E-state index contributed by atoms with van der Waals surface area (Å²) in [5.41, 5.74) is 1.98. The zero-order valence-electron chi connectivity index (χ0n) is 15.4. The first-order valence-electron chi connectivity index (χ1n) is 8.97. The maximum Gasteiger partial charge on any atom is 0.266 e. The van der Waals surface area contributed by atoms with Gasteiger partial charge in [-0.15, -0.1) is 0 Å². The van der Waals surface area contributed by atoms with Crippen LogP contribution in [0.15, 0.2) is 17.5 Å². The van der Waals surface area contributed by atoms with E-state index in [-0.39, 0.29) is 11.9 Å². The maximum absolute atomic E-state index is 12.9. The Morgan fingerprint density at radius 2 is 2.29 bits per heavy atom. The Hall–Kier alpha value is -1.85. The van der Waals surface area contributed by atoms with Crippen LogP contribution in [0, 0.1) is 6.92 Å². The molecule has 24 heavy (non-hydrogen) atoms. The van der Waals surface area contributed by atoms with E-state index in [1.54, 1.807) is 0 Å². The summed E-state index contributed by atoms with van der Waals surface area (Å²) in [6.07, 6.45) is 8.21. The van der Waals surface area contributed by atoms with Crippen molar-refractivity contribution in [1.29, 1.82) is 0 Å². The van der Waals surface area contributed by atoms with Gasteiger partial charge >= 0.3 is 0 Å². The Kier molecular flexibility index (Phi) is 6.82. The molecular formula is C18H30N4O2. The number of carbonyl (C=O) groups is 1. The lowest BCUT2D eigenvalue weighted by Gasteiger charge is -2.34. The van der Waals surface area contributed by atoms with E-state index in [4.69, 9.17) is 4.84 Å². The molecule has 1 amide bonds. The first-order chi connectivity index (χ1) is 11.5. The fourth-order valence-electron chi connectivity index (χ4n) is 2.99. The van der Waals surface area contributed by atoms with E-state index in [1.807, 2.05) is 36.5 Å². The van der Waals surface area contributed by atoms with Crippen LogP contribution < -0.4 is 0 Å². The number of hydrogen-bond donors (Lipinski definition) is 0. The second-order valence-corrected chi connectivity index (χ2v) is 6.85. The van der Waals surface area contributed by atoms with Crippen LogP contribution >= 0.6 is 0 Å². The van der Waals surface area contributed by atoms with E-state index < -0.39 is 6.10 Å². The van der Waals surface area contributed by atoms with Crippen molar-refractivity contribution in [2.75, 3.05) is 13.1 Å². The fourth-order valence-corrected chi connectivity index (χ4v) is 2.99. The third-order valence-electron chi connectivity index (χ3n) is 4.27. The lowest BCUT2D eigenvalue weighted by Crippen LogP contribution is -2.46. The molecule has 1 aliphatic heterocycles. The van der Waals surface area contributed by atoms with E-state index >= 15 is 0 Å². The van der Waals surface area contributed by atoms with Crippen LogP contribution in [-0.2, 0) is 9.63 Å². The summed E-state index contributed by atoms with van der Waals surface area (Å²) >= 11 is 0. The van der Waals surface area contributed by atoms with Gasteiger partial charge in [-0.2, -0.15) is 5.10 Å². The zero-order chi connectivity index (χ0) is 17.5. The summed E-state index contributed by atoms with van der Waals surface area (Å²) < 4.78 is 1.99. The van der Waals surface area contributed by atoms with E-state index in [9.17, 15) is 4.79 Å². The minimum Gasteiger partial charge on any atom is -0.382 e. The summed E-state index contributed by atoms with van der Waals surface area (Å²) in [4.78, 5) is 20.4. The highest BCUT2D eigenvalue weighted by molar-refractivity contribution is 5.81. The molecule has 1 saturated heterocycles. The number of hydrogen-bond acceptors (Lipinski definition) is 4. The largest absolute Gasteiger partial charge is 0.382 e. The molecule has 134 valence electrons. The van der Waals surface area contributed by atoms with Crippen molar-refractivity contribution in [2.45, 2.75) is 71.9 Å². The number of rotatable bonds is 7. The third-order valence-corrected chi connectivity index (χ3v) is 4.27. The molecular weight excluding hydrogens is 304 g/mol. The van der Waals surface area contributed by atoms with Gasteiger partial charge in [0.25, 0.3) is 5.91 Å². The molecule has 6 nitrogen and oxygen atoms in total. The van der Waals surface area contributed by atoms with Crippen molar-refractivity contribution in [3.63, 3.8) is 0 Å². The van der Waals surface area contributed by atoms with Gasteiger partial charge in [0.05, 0.1) is 18.0 Å². The van der Waals surface area contributed by atoms with Crippen molar-refractivity contribution < 1.29 is 9.63 Å². The standard InChI is InChI=1S/C18H30N4O2/c1-5-6-9-17(24-20-14(2)3)18(23)21-10-7-8-16(13-21)22-12-15(4)11-19-22/h11-12,16-17H,5-10,13H2,1-4H3/t16-,17-/m1/s1. The summed E-state index contributed by atoms with van der Waals surface area (Å²) in [6.45, 7) is 9.38. The number of aromatic nitrogens is 2. The van der Waals surface area contributed by atoms with Gasteiger partial charge in [-0.1, -0.05) is 18.5 Å². The number of likely N-dealkylation sites (tertiary alicyclic amines) is 1. The van der Waals surface area contributed by atoms with Crippen LogP contribution in [0.5, 0.6) is 0 Å². The number of amides is 1. The van der Waals surface area contributed by atoms with Gasteiger partial charge in [-0.25, -0.2) is 0 Å². The van der Waals surface area contributed by atoms with Crippen LogP contribution in [0.25, 0.3) is 0 Å². The molecule has 0 aromatic carbocycles. The number of carbonyl (C=O) groups excluding carboxylic acids is 1. The van der Waals surface area contributed by atoms with Gasteiger partial charge in [-0.3, -0.25) is 9.48 Å². The Balaban J connectivity index is 2.02. The number of piperidine rings is 1. The normalized spacial score (nSPS) is 19.0. The molecule has 0 aliphatic carbocycles. The molecule has 2 atom stereocenters. The number of nitrogens with zero attached hydrogens (tertiary/aromatic N) is 4. The molecule has 6 heteroatoms. The predicted molar refractivity (Wildman–Crippen MR) is 95.0 cm³/mol. The van der Waals surface area contributed by atoms with Gasteiger partial charge < -0.3 is 9.74 Å². The van der Waals surface area contributed by atoms with Crippen LogP contribution in [0.3, 0.4) is 0 Å². The fraction of sp³-hybridized carbons (Fsp3) is 0.722. The summed E-state index contributed by atoms with van der Waals surface area (Å²) in [6, 6.07) is 0.250. The smallest absolute Gasteiger partial charge is 0.266 e. The molecule has 0 unspecified atom stereocenters. The monoisotopic (exact) mass is 334 g/mol. The van der Waals surface area contributed by atoms with Crippen LogP contribution in [0.4, 0.5) is 0 Å². The molecule has 0 N–H and O–H groups in total. The van der Waals surface area contributed by atoms with Gasteiger partial charge in [0.15, 0.2) is 0 Å². The van der Waals surface area contributed by atoms with Gasteiger partial charge in [0.1, 0.15) is 0 Å². The molecule has 0 bridgehead atoms. The zero-order valence-corrected chi connectivity index (χ0v) is 15.4. The third kappa shape index (κ3) is 5.08.